The number of urea groups is 1. The number of nitrogens with one attached hydrogen (secondary N) is 2. The summed E-state index contributed by atoms with van der Waals surface area (Å²) in [5, 5.41) is 5.26. The van der Waals surface area contributed by atoms with Gasteiger partial charge in [0.05, 0.1) is 12.7 Å². The molecule has 9 heteroatoms. The van der Waals surface area contributed by atoms with E-state index in [4.69, 9.17) is 25.8 Å². The largest absolute Gasteiger partial charge is 0.493 e. The maximum atomic E-state index is 12.4. The number of imide groups is 1. The van der Waals surface area contributed by atoms with E-state index < -0.39 is 24.0 Å². The minimum atomic E-state index is -1.17. The molecule has 2 N–H and O–H groups in total. The molecule has 166 valence electrons. The van der Waals surface area contributed by atoms with Crippen LogP contribution in [0.4, 0.5) is 4.79 Å². The van der Waals surface area contributed by atoms with Crippen molar-refractivity contribution in [2.45, 2.75) is 39.5 Å². The van der Waals surface area contributed by atoms with Gasteiger partial charge in [-0.25, -0.2) is 9.59 Å². The van der Waals surface area contributed by atoms with Crippen LogP contribution in [0.15, 0.2) is 42.5 Å². The molecule has 0 radical (unpaired) electrons. The van der Waals surface area contributed by atoms with Gasteiger partial charge in [-0.15, -0.1) is 0 Å². The molecule has 0 heterocycles. The summed E-state index contributed by atoms with van der Waals surface area (Å²) in [6.07, 6.45) is -1.17. The Kier molecular flexibility index (Phi) is 8.69. The summed E-state index contributed by atoms with van der Waals surface area (Å²) >= 11 is 5.87. The Morgan fingerprint density at radius 1 is 1.00 bits per heavy atom. The topological polar surface area (TPSA) is 103 Å². The third-order valence-corrected chi connectivity index (χ3v) is 4.27. The molecule has 0 saturated heterocycles. The molecule has 8 nitrogen and oxygen atoms in total. The number of carbonyl (C=O) groups is 3. The molecule has 0 aliphatic carbocycles. The van der Waals surface area contributed by atoms with Gasteiger partial charge in [-0.05, 0) is 56.7 Å². The molecule has 31 heavy (non-hydrogen) atoms. The van der Waals surface area contributed by atoms with Gasteiger partial charge < -0.3 is 19.5 Å². The Hall–Kier alpha value is -3.26. The standard InChI is InChI=1S/C22H25ClN2O6/c1-13(2)24-22(28)25-20(26)14(3)31-21(27)16-7-10-18(19(11-16)29-4)30-12-15-5-8-17(23)9-6-15/h5-11,13-14H,12H2,1-4H3,(H2,24,25,26,28). The molecule has 0 aliphatic heterocycles. The fourth-order valence-corrected chi connectivity index (χ4v) is 2.58. The summed E-state index contributed by atoms with van der Waals surface area (Å²) in [4.78, 5) is 36.0. The van der Waals surface area contributed by atoms with Crippen LogP contribution in [0.3, 0.4) is 0 Å². The van der Waals surface area contributed by atoms with Crippen LogP contribution < -0.4 is 20.1 Å². The van der Waals surface area contributed by atoms with Gasteiger partial charge in [-0.1, -0.05) is 23.7 Å². The van der Waals surface area contributed by atoms with Gasteiger partial charge in [-0.3, -0.25) is 10.1 Å². The number of rotatable bonds is 8. The van der Waals surface area contributed by atoms with Crippen molar-refractivity contribution in [3.63, 3.8) is 0 Å². The van der Waals surface area contributed by atoms with E-state index in [2.05, 4.69) is 10.6 Å². The summed E-state index contributed by atoms with van der Waals surface area (Å²) in [7, 11) is 1.45. The number of hydrogen-bond acceptors (Lipinski definition) is 6. The van der Waals surface area contributed by atoms with E-state index in [-0.39, 0.29) is 18.2 Å². The fraction of sp³-hybridized carbons (Fsp3) is 0.318. The van der Waals surface area contributed by atoms with Crippen LogP contribution in [0.25, 0.3) is 0 Å². The molecular weight excluding hydrogens is 424 g/mol. The van der Waals surface area contributed by atoms with Crippen molar-refractivity contribution in [1.82, 2.24) is 10.6 Å². The summed E-state index contributed by atoms with van der Waals surface area (Å²) in [6, 6.07) is 10.9. The number of carbonyl (C=O) groups excluding carboxylic acids is 3. The molecule has 0 bridgehead atoms. The Morgan fingerprint density at radius 2 is 1.68 bits per heavy atom. The molecule has 2 aromatic carbocycles. The number of amides is 3. The highest BCUT2D eigenvalue weighted by Gasteiger charge is 2.22. The van der Waals surface area contributed by atoms with E-state index in [9.17, 15) is 14.4 Å². The number of halogens is 1. The van der Waals surface area contributed by atoms with Crippen LogP contribution in [0, 0.1) is 0 Å². The number of methoxy groups -OCH3 is 1. The molecular formula is C22H25ClN2O6. The normalized spacial score (nSPS) is 11.4. The smallest absolute Gasteiger partial charge is 0.339 e. The predicted molar refractivity (Wildman–Crippen MR) is 115 cm³/mol. The first-order valence-corrected chi connectivity index (χ1v) is 9.95. The van der Waals surface area contributed by atoms with Gasteiger partial charge >= 0.3 is 12.0 Å². The lowest BCUT2D eigenvalue weighted by molar-refractivity contribution is -0.127. The first kappa shape index (κ1) is 24.0. The fourth-order valence-electron chi connectivity index (χ4n) is 2.45. The number of ether oxygens (including phenoxy) is 3. The van der Waals surface area contributed by atoms with Gasteiger partial charge in [-0.2, -0.15) is 0 Å². The van der Waals surface area contributed by atoms with Crippen LogP contribution in [0.5, 0.6) is 11.5 Å². The molecule has 2 aromatic rings. The van der Waals surface area contributed by atoms with E-state index >= 15 is 0 Å². The highest BCUT2D eigenvalue weighted by Crippen LogP contribution is 2.29. The maximum absolute atomic E-state index is 12.4. The lowest BCUT2D eigenvalue weighted by Gasteiger charge is -2.15. The molecule has 2 rings (SSSR count). The monoisotopic (exact) mass is 448 g/mol. The van der Waals surface area contributed by atoms with Crippen LogP contribution in [-0.4, -0.2) is 37.2 Å². The molecule has 1 atom stereocenters. The van der Waals surface area contributed by atoms with Gasteiger partial charge in [0.25, 0.3) is 5.91 Å². The van der Waals surface area contributed by atoms with Gasteiger partial charge in [0, 0.05) is 11.1 Å². The van der Waals surface area contributed by atoms with Crippen molar-refractivity contribution in [3.05, 3.63) is 58.6 Å². The van der Waals surface area contributed by atoms with Crippen LogP contribution in [0.1, 0.15) is 36.7 Å². The first-order chi connectivity index (χ1) is 14.7. The van der Waals surface area contributed by atoms with Crippen molar-refractivity contribution >= 4 is 29.5 Å². The maximum Gasteiger partial charge on any atom is 0.339 e. The summed E-state index contributed by atoms with van der Waals surface area (Å²) < 4.78 is 16.2. The van der Waals surface area contributed by atoms with Crippen LogP contribution in [0.2, 0.25) is 5.02 Å². The second kappa shape index (κ2) is 11.2. The molecule has 0 aromatic heterocycles. The number of esters is 1. The van der Waals surface area contributed by atoms with E-state index in [0.717, 1.165) is 5.56 Å². The Morgan fingerprint density at radius 3 is 2.29 bits per heavy atom. The van der Waals surface area contributed by atoms with Crippen molar-refractivity contribution in [2.75, 3.05) is 7.11 Å². The minimum Gasteiger partial charge on any atom is -0.493 e. The molecule has 1 unspecified atom stereocenters. The summed E-state index contributed by atoms with van der Waals surface area (Å²) in [6.45, 7) is 5.16. The molecule has 0 aliphatic rings. The number of hydrogen-bond donors (Lipinski definition) is 2. The average molecular weight is 449 g/mol. The lowest BCUT2D eigenvalue weighted by Crippen LogP contribution is -2.46. The van der Waals surface area contributed by atoms with E-state index in [1.807, 2.05) is 12.1 Å². The molecule has 3 amide bonds. The third kappa shape index (κ3) is 7.49. The van der Waals surface area contributed by atoms with Crippen molar-refractivity contribution in [2.24, 2.45) is 0 Å². The Labute approximate surface area is 185 Å². The average Bonchev–Trinajstić information content (AvgIpc) is 2.72. The molecule has 0 saturated carbocycles. The molecule has 0 spiro atoms. The zero-order valence-electron chi connectivity index (χ0n) is 17.7. The summed E-state index contributed by atoms with van der Waals surface area (Å²) in [5.74, 6) is -0.710. The zero-order chi connectivity index (χ0) is 23.0. The Bertz CT molecular complexity index is 930. The molecule has 0 fully saturated rings. The van der Waals surface area contributed by atoms with Gasteiger partial charge in [0.1, 0.15) is 6.61 Å². The first-order valence-electron chi connectivity index (χ1n) is 9.57. The zero-order valence-corrected chi connectivity index (χ0v) is 18.5. The predicted octanol–water partition coefficient (Wildman–Crippen LogP) is 3.71. The van der Waals surface area contributed by atoms with Crippen LogP contribution >= 0.6 is 11.6 Å². The second-order valence-electron chi connectivity index (χ2n) is 6.95. The minimum absolute atomic E-state index is 0.140. The quantitative estimate of drug-likeness (QED) is 0.597. The van der Waals surface area contributed by atoms with Gasteiger partial charge in [0.15, 0.2) is 17.6 Å². The lowest BCUT2D eigenvalue weighted by atomic mass is 10.2. The third-order valence-electron chi connectivity index (χ3n) is 4.02. The number of benzene rings is 2. The van der Waals surface area contributed by atoms with E-state index in [1.165, 1.54) is 26.2 Å². The second-order valence-corrected chi connectivity index (χ2v) is 7.38. The van der Waals surface area contributed by atoms with Crippen molar-refractivity contribution < 1.29 is 28.6 Å². The SMILES string of the molecule is COc1cc(C(=O)OC(C)C(=O)NC(=O)NC(C)C)ccc1OCc1ccc(Cl)cc1. The van der Waals surface area contributed by atoms with Crippen LogP contribution in [-0.2, 0) is 16.1 Å². The van der Waals surface area contributed by atoms with E-state index in [1.54, 1.807) is 32.0 Å². The Balaban J connectivity index is 1.98. The van der Waals surface area contributed by atoms with Crippen molar-refractivity contribution in [1.29, 1.82) is 0 Å². The highest BCUT2D eigenvalue weighted by molar-refractivity contribution is 6.30. The highest BCUT2D eigenvalue weighted by atomic mass is 35.5. The summed E-state index contributed by atoms with van der Waals surface area (Å²) in [5.41, 5.74) is 1.08. The van der Waals surface area contributed by atoms with E-state index in [0.29, 0.717) is 16.5 Å². The van der Waals surface area contributed by atoms with Gasteiger partial charge in [0.2, 0.25) is 0 Å². The van der Waals surface area contributed by atoms with Crippen molar-refractivity contribution in [3.8, 4) is 11.5 Å².